The van der Waals surface area contributed by atoms with Crippen molar-refractivity contribution in [2.45, 2.75) is 12.5 Å². The molecule has 16 heavy (non-hydrogen) atoms. The number of phenolic OH excluding ortho intramolecular Hbond substituents is 2. The van der Waals surface area contributed by atoms with E-state index in [1.165, 1.54) is 0 Å². The first kappa shape index (κ1) is 12.7. The minimum Gasteiger partial charge on any atom is -0.504 e. The van der Waals surface area contributed by atoms with Crippen LogP contribution in [0.2, 0.25) is 0 Å². The number of carbonyl (C=O) groups is 1. The van der Waals surface area contributed by atoms with Crippen LogP contribution in [0.5, 0.6) is 11.5 Å². The molecule has 7 heteroatoms. The van der Waals surface area contributed by atoms with Crippen LogP contribution in [-0.4, -0.2) is 21.3 Å². The first-order valence-corrected chi connectivity index (χ1v) is 5.01. The van der Waals surface area contributed by atoms with E-state index < -0.39 is 35.7 Å². The molecule has 0 fully saturated rings. The zero-order chi connectivity index (χ0) is 12.5. The van der Waals surface area contributed by atoms with Gasteiger partial charge in [0.2, 0.25) is 0 Å². The van der Waals surface area contributed by atoms with Crippen molar-refractivity contribution in [1.82, 2.24) is 0 Å². The molecule has 0 aliphatic carbocycles. The zero-order valence-corrected chi connectivity index (χ0v) is 9.53. The van der Waals surface area contributed by atoms with E-state index >= 15 is 0 Å². The van der Waals surface area contributed by atoms with E-state index in [2.05, 4.69) is 15.9 Å². The maximum Gasteiger partial charge on any atom is 0.305 e. The lowest BCUT2D eigenvalue weighted by Crippen LogP contribution is -2.16. The predicted octanol–water partition coefficient (Wildman–Crippen LogP) is 1.47. The lowest BCUT2D eigenvalue weighted by atomic mass is 10.0. The molecule has 1 atom stereocenters. The summed E-state index contributed by atoms with van der Waals surface area (Å²) < 4.78 is 13.0. The minimum atomic E-state index is -1.19. The Morgan fingerprint density at radius 2 is 2.12 bits per heavy atom. The summed E-state index contributed by atoms with van der Waals surface area (Å²) in [5, 5.41) is 27.2. The number of aliphatic carboxylic acids is 1. The van der Waals surface area contributed by atoms with E-state index in [4.69, 9.17) is 10.8 Å². The molecular formula is C9H9BrFNO4. The highest BCUT2D eigenvalue weighted by Crippen LogP contribution is 2.40. The minimum absolute atomic E-state index is 0.156. The summed E-state index contributed by atoms with van der Waals surface area (Å²) in [6.45, 7) is 0. The van der Waals surface area contributed by atoms with Crippen LogP contribution in [0.25, 0.3) is 0 Å². The fourth-order valence-corrected chi connectivity index (χ4v) is 1.85. The van der Waals surface area contributed by atoms with Gasteiger partial charge in [0, 0.05) is 17.7 Å². The Hall–Kier alpha value is -1.34. The van der Waals surface area contributed by atoms with Crippen LogP contribution in [0.3, 0.4) is 0 Å². The Morgan fingerprint density at radius 3 is 2.62 bits per heavy atom. The summed E-state index contributed by atoms with van der Waals surface area (Å²) in [6.07, 6.45) is -0.491. The fourth-order valence-electron chi connectivity index (χ4n) is 1.25. The molecule has 0 radical (unpaired) electrons. The number of aromatic hydroxyl groups is 2. The van der Waals surface area contributed by atoms with E-state index in [1.54, 1.807) is 0 Å². The number of carboxylic acid groups (broad SMARTS) is 1. The molecule has 0 spiro atoms. The molecule has 1 aromatic rings. The number of halogens is 2. The molecule has 0 aromatic heterocycles. The van der Waals surface area contributed by atoms with Crippen LogP contribution in [0.1, 0.15) is 18.0 Å². The summed E-state index contributed by atoms with van der Waals surface area (Å²) in [4.78, 5) is 10.4. The highest BCUT2D eigenvalue weighted by Gasteiger charge is 2.22. The first-order chi connectivity index (χ1) is 7.34. The van der Waals surface area contributed by atoms with Crippen LogP contribution in [0.15, 0.2) is 10.5 Å². The van der Waals surface area contributed by atoms with Gasteiger partial charge in [-0.25, -0.2) is 4.39 Å². The molecule has 0 saturated carbocycles. The van der Waals surface area contributed by atoms with Gasteiger partial charge in [-0.15, -0.1) is 0 Å². The van der Waals surface area contributed by atoms with Crippen LogP contribution >= 0.6 is 15.9 Å². The summed E-state index contributed by atoms with van der Waals surface area (Å²) in [6, 6.07) is -0.412. The zero-order valence-electron chi connectivity index (χ0n) is 7.94. The van der Waals surface area contributed by atoms with Gasteiger partial charge in [0.05, 0.1) is 10.9 Å². The SMILES string of the molecule is NC(CC(=O)O)c1c(O)c(O)cc(F)c1Br. The normalized spacial score (nSPS) is 12.4. The molecule has 0 bridgehead atoms. The summed E-state index contributed by atoms with van der Waals surface area (Å²) in [7, 11) is 0. The highest BCUT2D eigenvalue weighted by atomic mass is 79.9. The summed E-state index contributed by atoms with van der Waals surface area (Å²) >= 11 is 2.84. The van der Waals surface area contributed by atoms with Crippen LogP contribution in [0.4, 0.5) is 4.39 Å². The monoisotopic (exact) mass is 293 g/mol. The third-order valence-corrected chi connectivity index (χ3v) is 2.78. The van der Waals surface area contributed by atoms with E-state index in [0.29, 0.717) is 6.07 Å². The molecular weight excluding hydrogens is 285 g/mol. The summed E-state index contributed by atoms with van der Waals surface area (Å²) in [5.74, 6) is -3.33. The van der Waals surface area contributed by atoms with Gasteiger partial charge in [0.25, 0.3) is 0 Å². The van der Waals surface area contributed by atoms with E-state index in [0.717, 1.165) is 0 Å². The van der Waals surface area contributed by atoms with E-state index in [-0.39, 0.29) is 10.0 Å². The number of carboxylic acids is 1. The average molecular weight is 294 g/mol. The van der Waals surface area contributed by atoms with Gasteiger partial charge < -0.3 is 21.1 Å². The van der Waals surface area contributed by atoms with Gasteiger partial charge in [0.1, 0.15) is 5.82 Å². The van der Waals surface area contributed by atoms with Crippen molar-refractivity contribution in [1.29, 1.82) is 0 Å². The second-order valence-corrected chi connectivity index (χ2v) is 3.95. The Kier molecular flexibility index (Phi) is 3.71. The molecule has 0 heterocycles. The number of hydrogen-bond donors (Lipinski definition) is 4. The second kappa shape index (κ2) is 4.67. The number of nitrogens with two attached hydrogens (primary N) is 1. The molecule has 0 aliphatic heterocycles. The maximum atomic E-state index is 13.2. The number of benzene rings is 1. The van der Waals surface area contributed by atoms with Crippen molar-refractivity contribution < 1.29 is 24.5 Å². The molecule has 1 aromatic carbocycles. The van der Waals surface area contributed by atoms with Crippen LogP contribution in [-0.2, 0) is 4.79 Å². The molecule has 5 N–H and O–H groups in total. The van der Waals surface area contributed by atoms with Crippen molar-refractivity contribution in [2.75, 3.05) is 0 Å². The van der Waals surface area contributed by atoms with E-state index in [1.807, 2.05) is 0 Å². The maximum absolute atomic E-state index is 13.2. The predicted molar refractivity (Wildman–Crippen MR) is 56.6 cm³/mol. The largest absolute Gasteiger partial charge is 0.504 e. The van der Waals surface area contributed by atoms with Crippen LogP contribution in [0, 0.1) is 5.82 Å². The molecule has 0 aliphatic rings. The van der Waals surface area contributed by atoms with Crippen molar-refractivity contribution >= 4 is 21.9 Å². The second-order valence-electron chi connectivity index (χ2n) is 3.16. The topological polar surface area (TPSA) is 104 Å². The lowest BCUT2D eigenvalue weighted by Gasteiger charge is -2.15. The summed E-state index contributed by atoms with van der Waals surface area (Å²) in [5.41, 5.74) is 5.32. The van der Waals surface area contributed by atoms with Crippen molar-refractivity contribution in [2.24, 2.45) is 5.73 Å². The Balaban J connectivity index is 3.26. The fraction of sp³-hybridized carbons (Fsp3) is 0.222. The lowest BCUT2D eigenvalue weighted by molar-refractivity contribution is -0.137. The molecule has 5 nitrogen and oxygen atoms in total. The average Bonchev–Trinajstić information content (AvgIpc) is 2.14. The van der Waals surface area contributed by atoms with Crippen molar-refractivity contribution in [3.63, 3.8) is 0 Å². The Morgan fingerprint density at radius 1 is 1.56 bits per heavy atom. The van der Waals surface area contributed by atoms with Gasteiger partial charge in [-0.2, -0.15) is 0 Å². The third-order valence-electron chi connectivity index (χ3n) is 1.97. The molecule has 88 valence electrons. The molecule has 1 rings (SSSR count). The van der Waals surface area contributed by atoms with Gasteiger partial charge in [-0.1, -0.05) is 0 Å². The Bertz CT molecular complexity index is 412. The number of rotatable bonds is 3. The number of hydrogen-bond acceptors (Lipinski definition) is 4. The smallest absolute Gasteiger partial charge is 0.305 e. The van der Waals surface area contributed by atoms with Gasteiger partial charge in [0.15, 0.2) is 11.5 Å². The van der Waals surface area contributed by atoms with Crippen LogP contribution < -0.4 is 5.73 Å². The first-order valence-electron chi connectivity index (χ1n) is 4.21. The van der Waals surface area contributed by atoms with Gasteiger partial charge in [-0.05, 0) is 15.9 Å². The van der Waals surface area contributed by atoms with Crippen molar-refractivity contribution in [3.05, 3.63) is 21.9 Å². The third kappa shape index (κ3) is 2.42. The standard InChI is InChI=1S/C9H9BrFNO4/c10-8-3(11)1-5(13)9(16)7(8)4(12)2-6(14)15/h1,4,13,16H,2,12H2,(H,14,15). The molecule has 0 amide bonds. The Labute approximate surface area is 98.4 Å². The highest BCUT2D eigenvalue weighted by molar-refractivity contribution is 9.10. The quantitative estimate of drug-likeness (QED) is 0.632. The van der Waals surface area contributed by atoms with E-state index in [9.17, 15) is 19.4 Å². The van der Waals surface area contributed by atoms with Crippen molar-refractivity contribution in [3.8, 4) is 11.5 Å². The van der Waals surface area contributed by atoms with Gasteiger partial charge in [-0.3, -0.25) is 4.79 Å². The molecule has 0 saturated heterocycles. The van der Waals surface area contributed by atoms with Gasteiger partial charge >= 0.3 is 5.97 Å². The number of phenols is 2. The molecule has 1 unspecified atom stereocenters.